The summed E-state index contributed by atoms with van der Waals surface area (Å²) in [5, 5.41) is 3.27. The number of rotatable bonds is 6. The summed E-state index contributed by atoms with van der Waals surface area (Å²) in [7, 11) is 0. The quantitative estimate of drug-likeness (QED) is 0.492. The zero-order valence-electron chi connectivity index (χ0n) is 7.50. The molecule has 1 rings (SSSR count). The highest BCUT2D eigenvalue weighted by Gasteiger charge is 1.90. The summed E-state index contributed by atoms with van der Waals surface area (Å²) in [6.07, 6.45) is 0. The number of para-hydroxylation sites is 1. The van der Waals surface area contributed by atoms with Crippen LogP contribution in [-0.2, 0) is 0 Å². The van der Waals surface area contributed by atoms with Gasteiger partial charge >= 0.3 is 0 Å². The second kappa shape index (κ2) is 7.15. The van der Waals surface area contributed by atoms with Gasteiger partial charge in [-0.1, -0.05) is 40.8 Å². The number of benzene rings is 1. The Hall–Kier alpha value is -0.290. The van der Waals surface area contributed by atoms with Gasteiger partial charge < -0.3 is 10.1 Å². The molecule has 2 nitrogen and oxygen atoms in total. The Bertz CT molecular complexity index is 215. The summed E-state index contributed by atoms with van der Waals surface area (Å²) in [4.78, 5) is 0. The topological polar surface area (TPSA) is 21.3 Å². The summed E-state index contributed by atoms with van der Waals surface area (Å²) in [5.41, 5.74) is 0. The van der Waals surface area contributed by atoms with Gasteiger partial charge in [0.15, 0.2) is 0 Å². The van der Waals surface area contributed by atoms with E-state index >= 15 is 0 Å². The second-order valence-electron chi connectivity index (χ2n) is 2.60. The molecular formula is C10H14INO. The first-order chi connectivity index (χ1) is 6.43. The molecular weight excluding hydrogens is 277 g/mol. The summed E-state index contributed by atoms with van der Waals surface area (Å²) in [5.74, 6) is 0.943. The Morgan fingerprint density at radius 1 is 1.15 bits per heavy atom. The minimum absolute atomic E-state index is 0.737. The van der Waals surface area contributed by atoms with E-state index in [1.54, 1.807) is 0 Å². The minimum atomic E-state index is 0.737. The maximum Gasteiger partial charge on any atom is 0.119 e. The molecule has 0 aliphatic heterocycles. The Morgan fingerprint density at radius 3 is 2.62 bits per heavy atom. The standard InChI is InChI=1S/C10H14INO/c11-6-7-12-8-9-13-10-4-2-1-3-5-10/h1-5,12H,6-9H2. The molecule has 1 aromatic rings. The smallest absolute Gasteiger partial charge is 0.119 e. The zero-order valence-corrected chi connectivity index (χ0v) is 9.66. The molecule has 0 heterocycles. The van der Waals surface area contributed by atoms with Crippen LogP contribution in [0.4, 0.5) is 0 Å². The van der Waals surface area contributed by atoms with Crippen molar-refractivity contribution in [2.24, 2.45) is 0 Å². The van der Waals surface area contributed by atoms with E-state index < -0.39 is 0 Å². The molecule has 0 amide bonds. The molecule has 0 bridgehead atoms. The molecule has 0 radical (unpaired) electrons. The molecule has 0 spiro atoms. The molecule has 0 aromatic heterocycles. The molecule has 13 heavy (non-hydrogen) atoms. The molecule has 1 N–H and O–H groups in total. The van der Waals surface area contributed by atoms with Crippen LogP contribution < -0.4 is 10.1 Å². The number of alkyl halides is 1. The van der Waals surface area contributed by atoms with Crippen molar-refractivity contribution < 1.29 is 4.74 Å². The van der Waals surface area contributed by atoms with Gasteiger partial charge in [-0.15, -0.1) is 0 Å². The average molecular weight is 291 g/mol. The Morgan fingerprint density at radius 2 is 1.92 bits per heavy atom. The molecule has 3 heteroatoms. The first-order valence-corrected chi connectivity index (χ1v) is 5.90. The Labute approximate surface area is 92.8 Å². The first kappa shape index (κ1) is 10.8. The van der Waals surface area contributed by atoms with Crippen molar-refractivity contribution in [1.29, 1.82) is 0 Å². The molecule has 0 aliphatic carbocycles. The molecule has 0 saturated heterocycles. The fourth-order valence-corrected chi connectivity index (χ4v) is 1.33. The summed E-state index contributed by atoms with van der Waals surface area (Å²) in [6, 6.07) is 9.89. The highest BCUT2D eigenvalue weighted by molar-refractivity contribution is 14.1. The van der Waals surface area contributed by atoms with Crippen molar-refractivity contribution in [3.05, 3.63) is 30.3 Å². The van der Waals surface area contributed by atoms with E-state index in [1.165, 1.54) is 0 Å². The lowest BCUT2D eigenvalue weighted by Gasteiger charge is -2.05. The van der Waals surface area contributed by atoms with Crippen LogP contribution in [0, 0.1) is 0 Å². The van der Waals surface area contributed by atoms with Crippen LogP contribution in [-0.4, -0.2) is 24.1 Å². The normalized spacial score (nSPS) is 9.92. The van der Waals surface area contributed by atoms with Gasteiger partial charge in [-0.3, -0.25) is 0 Å². The third-order valence-corrected chi connectivity index (χ3v) is 2.10. The fourth-order valence-electron chi connectivity index (χ4n) is 0.950. The average Bonchev–Trinajstić information content (AvgIpc) is 2.19. The van der Waals surface area contributed by atoms with Crippen LogP contribution in [0.3, 0.4) is 0 Å². The first-order valence-electron chi connectivity index (χ1n) is 4.38. The van der Waals surface area contributed by atoms with E-state index in [1.807, 2.05) is 30.3 Å². The predicted octanol–water partition coefficient (Wildman–Crippen LogP) is 2.09. The lowest BCUT2D eigenvalue weighted by atomic mass is 10.3. The fraction of sp³-hybridized carbons (Fsp3) is 0.400. The maximum atomic E-state index is 5.49. The molecule has 0 unspecified atom stereocenters. The SMILES string of the molecule is ICCNCCOc1ccccc1. The van der Waals surface area contributed by atoms with Gasteiger partial charge in [-0.05, 0) is 12.1 Å². The van der Waals surface area contributed by atoms with E-state index in [-0.39, 0.29) is 0 Å². The summed E-state index contributed by atoms with van der Waals surface area (Å²) in [6.45, 7) is 2.71. The van der Waals surface area contributed by atoms with Crippen LogP contribution in [0.15, 0.2) is 30.3 Å². The van der Waals surface area contributed by atoms with Gasteiger partial charge in [-0.25, -0.2) is 0 Å². The van der Waals surface area contributed by atoms with Crippen LogP contribution in [0.25, 0.3) is 0 Å². The van der Waals surface area contributed by atoms with Crippen LogP contribution in [0.5, 0.6) is 5.75 Å². The van der Waals surface area contributed by atoms with Crippen molar-refractivity contribution >= 4 is 22.6 Å². The second-order valence-corrected chi connectivity index (χ2v) is 3.68. The Balaban J connectivity index is 2.07. The van der Waals surface area contributed by atoms with E-state index in [0.29, 0.717) is 0 Å². The number of ether oxygens (including phenoxy) is 1. The summed E-state index contributed by atoms with van der Waals surface area (Å²) < 4.78 is 6.63. The third kappa shape index (κ3) is 5.10. The number of hydrogen-bond donors (Lipinski definition) is 1. The van der Waals surface area contributed by atoms with Gasteiger partial charge in [0.25, 0.3) is 0 Å². The van der Waals surface area contributed by atoms with Gasteiger partial charge in [0.1, 0.15) is 12.4 Å². The molecule has 72 valence electrons. The zero-order chi connectivity index (χ0) is 9.36. The lowest BCUT2D eigenvalue weighted by molar-refractivity contribution is 0.315. The van der Waals surface area contributed by atoms with Crippen LogP contribution >= 0.6 is 22.6 Å². The van der Waals surface area contributed by atoms with Crippen LogP contribution in [0.1, 0.15) is 0 Å². The molecule has 0 fully saturated rings. The number of nitrogens with one attached hydrogen (secondary N) is 1. The van der Waals surface area contributed by atoms with Crippen LogP contribution in [0.2, 0.25) is 0 Å². The monoisotopic (exact) mass is 291 g/mol. The molecule has 0 atom stereocenters. The predicted molar refractivity (Wildman–Crippen MR) is 63.7 cm³/mol. The number of halogens is 1. The maximum absolute atomic E-state index is 5.49. The minimum Gasteiger partial charge on any atom is -0.492 e. The lowest BCUT2D eigenvalue weighted by Crippen LogP contribution is -2.22. The van der Waals surface area contributed by atoms with E-state index in [2.05, 4.69) is 27.9 Å². The van der Waals surface area contributed by atoms with Crippen molar-refractivity contribution in [2.75, 3.05) is 24.1 Å². The highest BCUT2D eigenvalue weighted by atomic mass is 127. The largest absolute Gasteiger partial charge is 0.492 e. The van der Waals surface area contributed by atoms with Gasteiger partial charge in [-0.2, -0.15) is 0 Å². The van der Waals surface area contributed by atoms with Gasteiger partial charge in [0, 0.05) is 17.5 Å². The van der Waals surface area contributed by atoms with Crippen molar-refractivity contribution in [2.45, 2.75) is 0 Å². The highest BCUT2D eigenvalue weighted by Crippen LogP contribution is 2.07. The van der Waals surface area contributed by atoms with Crippen molar-refractivity contribution in [3.63, 3.8) is 0 Å². The third-order valence-electron chi connectivity index (χ3n) is 1.56. The van der Waals surface area contributed by atoms with Crippen molar-refractivity contribution in [1.82, 2.24) is 5.32 Å². The summed E-state index contributed by atoms with van der Waals surface area (Å²) >= 11 is 2.35. The van der Waals surface area contributed by atoms with E-state index in [4.69, 9.17) is 4.74 Å². The number of hydrogen-bond acceptors (Lipinski definition) is 2. The van der Waals surface area contributed by atoms with Gasteiger partial charge in [0.2, 0.25) is 0 Å². The van der Waals surface area contributed by atoms with Crippen molar-refractivity contribution in [3.8, 4) is 5.75 Å². The molecule has 1 aromatic carbocycles. The van der Waals surface area contributed by atoms with E-state index in [9.17, 15) is 0 Å². The molecule has 0 aliphatic rings. The molecule has 0 saturated carbocycles. The van der Waals surface area contributed by atoms with Gasteiger partial charge in [0.05, 0.1) is 0 Å². The Kier molecular flexibility index (Phi) is 5.93. The van der Waals surface area contributed by atoms with E-state index in [0.717, 1.165) is 29.9 Å².